The van der Waals surface area contributed by atoms with Crippen molar-refractivity contribution in [3.05, 3.63) is 72.9 Å². The molecule has 0 bridgehead atoms. The Kier molecular flexibility index (Phi) is 52.9. The molecule has 1 amide bonds. The fourth-order valence-corrected chi connectivity index (χ4v) is 9.59. The smallest absolute Gasteiger partial charge is 0.456 e. The van der Waals surface area contributed by atoms with E-state index in [1.54, 1.807) is 0 Å². The van der Waals surface area contributed by atoms with Crippen molar-refractivity contribution in [2.45, 2.75) is 290 Å². The second-order valence-electron chi connectivity index (χ2n) is 22.3. The third-order valence-corrected chi connectivity index (χ3v) is 14.7. The molecule has 0 rings (SSSR count). The number of nitrogens with zero attached hydrogens (tertiary/aromatic N) is 1. The fourth-order valence-electron chi connectivity index (χ4n) is 8.85. The molecule has 0 aliphatic rings. The lowest BCUT2D eigenvalue weighted by Gasteiger charge is -2.27. The third kappa shape index (κ3) is 56.0. The highest BCUT2D eigenvalue weighted by molar-refractivity contribution is 7.47. The highest BCUT2D eigenvalue weighted by Gasteiger charge is 2.30. The molecule has 0 saturated heterocycles. The van der Waals surface area contributed by atoms with Crippen LogP contribution in [0.5, 0.6) is 0 Å². The summed E-state index contributed by atoms with van der Waals surface area (Å²) in [6.07, 6.45) is 70.5. The molecule has 0 aromatic heterocycles. The predicted molar refractivity (Wildman–Crippen MR) is 323 cm³/mol. The number of allylic oxidation sites excluding steroid dienone is 11. The van der Waals surface area contributed by atoms with Gasteiger partial charge in [-0.15, -0.1) is 0 Å². The van der Waals surface area contributed by atoms with Crippen LogP contribution < -0.4 is 5.32 Å². The van der Waals surface area contributed by atoms with Crippen molar-refractivity contribution in [1.29, 1.82) is 0 Å². The van der Waals surface area contributed by atoms with Crippen molar-refractivity contribution >= 4 is 19.7 Å². The zero-order chi connectivity index (χ0) is 55.0. The normalized spacial score (nSPS) is 14.2. The first-order chi connectivity index (χ1) is 36.4. The Morgan fingerprint density at radius 2 is 0.907 bits per heavy atom. The minimum absolute atomic E-state index is 0.0351. The summed E-state index contributed by atoms with van der Waals surface area (Å²) in [4.78, 5) is 37.6. The average molecular weight is 1070 g/mol. The molecule has 0 saturated carbocycles. The van der Waals surface area contributed by atoms with Gasteiger partial charge in [0.05, 0.1) is 33.8 Å². The summed E-state index contributed by atoms with van der Waals surface area (Å²) in [5, 5.41) is 3.05. The topological polar surface area (TPSA) is 111 Å². The second kappa shape index (κ2) is 54.8. The number of hydrogen-bond donors (Lipinski definition) is 2. The van der Waals surface area contributed by atoms with E-state index >= 15 is 0 Å². The number of quaternary nitrogens is 1. The van der Waals surface area contributed by atoms with E-state index in [9.17, 15) is 19.0 Å². The summed E-state index contributed by atoms with van der Waals surface area (Å²) >= 11 is 0. The fraction of sp³-hybridized carbons (Fsp3) is 0.785. The Hall–Kier alpha value is -2.55. The van der Waals surface area contributed by atoms with Gasteiger partial charge in [-0.3, -0.25) is 18.6 Å². The molecule has 0 fully saturated rings. The number of ether oxygens (including phenoxy) is 1. The molecule has 0 aliphatic heterocycles. The van der Waals surface area contributed by atoms with E-state index in [-0.39, 0.29) is 31.5 Å². The Labute approximate surface area is 463 Å². The van der Waals surface area contributed by atoms with Crippen LogP contribution in [0.4, 0.5) is 0 Å². The van der Waals surface area contributed by atoms with Gasteiger partial charge in [-0.1, -0.05) is 255 Å². The van der Waals surface area contributed by atoms with Crippen molar-refractivity contribution in [2.24, 2.45) is 0 Å². The largest absolute Gasteiger partial charge is 0.472 e. The summed E-state index contributed by atoms with van der Waals surface area (Å²) in [5.74, 6) is -0.527. The Morgan fingerprint density at radius 1 is 0.493 bits per heavy atom. The van der Waals surface area contributed by atoms with Crippen molar-refractivity contribution < 1.29 is 37.3 Å². The number of unbranched alkanes of at least 4 members (excludes halogenated alkanes) is 32. The third-order valence-electron chi connectivity index (χ3n) is 13.7. The first-order valence-corrected chi connectivity index (χ1v) is 32.8. The summed E-state index contributed by atoms with van der Waals surface area (Å²) in [7, 11) is 1.48. The van der Waals surface area contributed by atoms with Crippen LogP contribution >= 0.6 is 7.82 Å². The maximum absolute atomic E-state index is 13.5. The van der Waals surface area contributed by atoms with Gasteiger partial charge in [-0.05, 0) is 83.1 Å². The van der Waals surface area contributed by atoms with E-state index in [1.165, 1.54) is 154 Å². The second-order valence-corrected chi connectivity index (χ2v) is 23.7. The van der Waals surface area contributed by atoms with Crippen LogP contribution in [0, 0.1) is 0 Å². The Morgan fingerprint density at radius 3 is 1.40 bits per heavy atom. The van der Waals surface area contributed by atoms with Gasteiger partial charge in [0.15, 0.2) is 0 Å². The van der Waals surface area contributed by atoms with Crippen molar-refractivity contribution in [2.75, 3.05) is 40.9 Å². The van der Waals surface area contributed by atoms with Gasteiger partial charge in [-0.25, -0.2) is 4.57 Å². The Balaban J connectivity index is 5.07. The maximum atomic E-state index is 13.5. The molecular formula is C65H120N2O7P+. The van der Waals surface area contributed by atoms with Crippen molar-refractivity contribution in [3.8, 4) is 0 Å². The van der Waals surface area contributed by atoms with Gasteiger partial charge in [0.25, 0.3) is 0 Å². The molecule has 2 N–H and O–H groups in total. The molecule has 75 heavy (non-hydrogen) atoms. The minimum atomic E-state index is -4.45. The molecule has 0 aromatic carbocycles. The molecule has 9 nitrogen and oxygen atoms in total. The van der Waals surface area contributed by atoms with Crippen LogP contribution in [0.2, 0.25) is 0 Å². The number of nitrogens with one attached hydrogen (secondary N) is 1. The summed E-state index contributed by atoms with van der Waals surface area (Å²) in [5.41, 5.74) is 0. The number of carbonyl (C=O) groups excluding carboxylic acids is 2. The number of hydrogen-bond acceptors (Lipinski definition) is 6. The summed E-state index contributed by atoms with van der Waals surface area (Å²) < 4.78 is 30.6. The van der Waals surface area contributed by atoms with Crippen molar-refractivity contribution in [3.63, 3.8) is 0 Å². The molecule has 0 aromatic rings. The number of likely N-dealkylation sites (N-methyl/N-ethyl adjacent to an activating group) is 1. The monoisotopic (exact) mass is 1070 g/mol. The SMILES string of the molecule is CC/C=C/C=C/C=C\CCCCCCCC(=O)OC(/C=C\CCCCCCCCCCC)C(COP(=O)(O)OCC[N+](C)(C)C)NC(=O)CCCCCCCCCCCCCCCCC/C=C\C/C=C\CCCCC. The zero-order valence-corrected chi connectivity index (χ0v) is 50.7. The molecule has 0 radical (unpaired) electrons. The predicted octanol–water partition coefficient (Wildman–Crippen LogP) is 19.2. The van der Waals surface area contributed by atoms with Gasteiger partial charge in [0, 0.05) is 12.8 Å². The standard InChI is InChI=1S/C65H119N2O7P/c1-7-10-13-16-19-22-25-27-28-29-30-31-32-33-34-35-36-37-38-40-42-45-48-51-54-57-64(68)66-62(61-73-75(70,71)72-60-59-67(4,5)6)63(56-53-50-47-44-41-24-21-18-15-12-9-3)74-65(69)58-55-52-49-46-43-39-26-23-20-17-14-11-8-2/h11,14,17,19-20,22-23,26-28,53,56,62-63H,7-10,12-13,15-16,18,21,24-25,29-52,54-55,57-61H2,1-6H3,(H-,66,68,70,71)/p+1/b14-11+,20-17+,22-19-,26-23-,28-27-,56-53-. The van der Waals surface area contributed by atoms with Crippen LogP contribution in [0.3, 0.4) is 0 Å². The van der Waals surface area contributed by atoms with E-state index in [0.29, 0.717) is 23.9 Å². The van der Waals surface area contributed by atoms with Crippen LogP contribution in [-0.2, 0) is 27.9 Å². The van der Waals surface area contributed by atoms with E-state index in [2.05, 4.69) is 86.8 Å². The van der Waals surface area contributed by atoms with Crippen LogP contribution in [0.25, 0.3) is 0 Å². The van der Waals surface area contributed by atoms with E-state index in [0.717, 1.165) is 83.5 Å². The van der Waals surface area contributed by atoms with Crippen LogP contribution in [0.1, 0.15) is 278 Å². The summed E-state index contributed by atoms with van der Waals surface area (Å²) in [6.45, 7) is 6.84. The summed E-state index contributed by atoms with van der Waals surface area (Å²) in [6, 6.07) is -0.857. The minimum Gasteiger partial charge on any atom is -0.456 e. The average Bonchev–Trinajstić information content (AvgIpc) is 3.37. The Bertz CT molecular complexity index is 1510. The number of rotatable bonds is 56. The number of carbonyl (C=O) groups is 2. The highest BCUT2D eigenvalue weighted by Crippen LogP contribution is 2.43. The van der Waals surface area contributed by atoms with E-state index in [1.807, 2.05) is 33.3 Å². The van der Waals surface area contributed by atoms with Gasteiger partial charge in [0.2, 0.25) is 5.91 Å². The van der Waals surface area contributed by atoms with Gasteiger partial charge in [-0.2, -0.15) is 0 Å². The molecule has 3 unspecified atom stereocenters. The lowest BCUT2D eigenvalue weighted by Crippen LogP contribution is -2.47. The lowest BCUT2D eigenvalue weighted by atomic mass is 10.0. The van der Waals surface area contributed by atoms with Crippen LogP contribution in [0.15, 0.2) is 72.9 Å². The van der Waals surface area contributed by atoms with Gasteiger partial charge >= 0.3 is 13.8 Å². The molecule has 0 aliphatic carbocycles. The first-order valence-electron chi connectivity index (χ1n) is 31.3. The quantitative estimate of drug-likeness (QED) is 0.0156. The zero-order valence-electron chi connectivity index (χ0n) is 49.8. The molecule has 436 valence electrons. The van der Waals surface area contributed by atoms with Gasteiger partial charge < -0.3 is 19.4 Å². The number of phosphoric ester groups is 1. The number of amides is 1. The van der Waals surface area contributed by atoms with E-state index < -0.39 is 20.0 Å². The maximum Gasteiger partial charge on any atom is 0.472 e. The highest BCUT2D eigenvalue weighted by atomic mass is 31.2. The molecular weight excluding hydrogens is 952 g/mol. The number of esters is 1. The van der Waals surface area contributed by atoms with E-state index in [4.69, 9.17) is 13.8 Å². The number of phosphoric acid groups is 1. The molecule has 0 heterocycles. The first kappa shape index (κ1) is 72.5. The van der Waals surface area contributed by atoms with Crippen LogP contribution in [-0.4, -0.2) is 74.3 Å². The lowest BCUT2D eigenvalue weighted by molar-refractivity contribution is -0.870. The van der Waals surface area contributed by atoms with Gasteiger partial charge in [0.1, 0.15) is 19.3 Å². The van der Waals surface area contributed by atoms with Crippen molar-refractivity contribution in [1.82, 2.24) is 5.32 Å². The molecule has 10 heteroatoms. The molecule has 0 spiro atoms. The molecule has 3 atom stereocenters.